The van der Waals surface area contributed by atoms with E-state index in [0.717, 1.165) is 5.56 Å². The highest BCUT2D eigenvalue weighted by Crippen LogP contribution is 2.39. The minimum atomic E-state index is -0.492. The second-order valence-electron chi connectivity index (χ2n) is 10.4. The van der Waals surface area contributed by atoms with E-state index >= 15 is 0 Å². The van der Waals surface area contributed by atoms with Crippen molar-refractivity contribution in [1.29, 1.82) is 0 Å². The van der Waals surface area contributed by atoms with Crippen LogP contribution in [0.1, 0.15) is 65.3 Å². The maximum absolute atomic E-state index is 12.8. The van der Waals surface area contributed by atoms with E-state index in [2.05, 4.69) is 5.32 Å². The number of ether oxygens (including phenoxy) is 2. The van der Waals surface area contributed by atoms with Crippen molar-refractivity contribution in [3.05, 3.63) is 71.3 Å². The lowest BCUT2D eigenvalue weighted by Gasteiger charge is -2.49. The van der Waals surface area contributed by atoms with Crippen LogP contribution in [0.25, 0.3) is 0 Å². The summed E-state index contributed by atoms with van der Waals surface area (Å²) in [5.41, 5.74) is 1.31. The summed E-state index contributed by atoms with van der Waals surface area (Å²) in [5, 5.41) is 3.04. The van der Waals surface area contributed by atoms with Gasteiger partial charge in [-0.1, -0.05) is 42.5 Å². The molecule has 9 heteroatoms. The Labute approximate surface area is 222 Å². The van der Waals surface area contributed by atoms with Gasteiger partial charge in [0.05, 0.1) is 22.8 Å². The quantitative estimate of drug-likeness (QED) is 0.586. The van der Waals surface area contributed by atoms with Gasteiger partial charge in [0, 0.05) is 32.6 Å². The summed E-state index contributed by atoms with van der Waals surface area (Å²) in [7, 11) is 0. The average Bonchev–Trinajstić information content (AvgIpc) is 3.15. The van der Waals surface area contributed by atoms with Gasteiger partial charge in [0.1, 0.15) is 6.61 Å². The van der Waals surface area contributed by atoms with E-state index in [1.165, 1.54) is 11.8 Å². The lowest BCUT2D eigenvalue weighted by Crippen LogP contribution is -2.56. The Morgan fingerprint density at radius 1 is 1.00 bits per heavy atom. The molecule has 0 unspecified atom stereocenters. The molecule has 2 atom stereocenters. The fourth-order valence-corrected chi connectivity index (χ4v) is 5.82. The molecular formula is C29H33N3O6. The zero-order valence-electron chi connectivity index (χ0n) is 21.6. The van der Waals surface area contributed by atoms with Crippen molar-refractivity contribution in [2.24, 2.45) is 0 Å². The maximum atomic E-state index is 12.8. The van der Waals surface area contributed by atoms with Crippen molar-refractivity contribution in [2.45, 2.75) is 63.4 Å². The molecule has 2 aromatic rings. The van der Waals surface area contributed by atoms with E-state index in [4.69, 9.17) is 9.47 Å². The number of carbonyl (C=O) groups is 4. The monoisotopic (exact) mass is 519 g/mol. The summed E-state index contributed by atoms with van der Waals surface area (Å²) in [5.74, 6) is -0.665. The van der Waals surface area contributed by atoms with Gasteiger partial charge in [-0.15, -0.1) is 0 Å². The largest absolute Gasteiger partial charge is 0.445 e. The Bertz CT molecular complexity index is 1170. The highest BCUT2D eigenvalue weighted by atomic mass is 16.6. The summed E-state index contributed by atoms with van der Waals surface area (Å²) in [6, 6.07) is 16.3. The van der Waals surface area contributed by atoms with Crippen LogP contribution < -0.4 is 5.32 Å². The SMILES string of the molecule is CC(=O)N[C@H]1C[C@@H](CCN2C(=O)c3ccccc3C2=O)OC2(CCN(C(=O)OCc3ccccc3)CC2)C1. The van der Waals surface area contributed by atoms with E-state index in [1.807, 2.05) is 30.3 Å². The third-order valence-electron chi connectivity index (χ3n) is 7.68. The number of hydrogen-bond acceptors (Lipinski definition) is 6. The van der Waals surface area contributed by atoms with Crippen molar-refractivity contribution in [2.75, 3.05) is 19.6 Å². The normalized spacial score (nSPS) is 22.3. The molecule has 0 aliphatic carbocycles. The van der Waals surface area contributed by atoms with E-state index < -0.39 is 5.60 Å². The number of benzene rings is 2. The number of likely N-dealkylation sites (tertiary alicyclic amines) is 1. The van der Waals surface area contributed by atoms with Gasteiger partial charge in [-0.05, 0) is 49.8 Å². The van der Waals surface area contributed by atoms with Crippen LogP contribution in [0.3, 0.4) is 0 Å². The highest BCUT2D eigenvalue weighted by Gasteiger charge is 2.45. The number of nitrogens with one attached hydrogen (secondary N) is 1. The molecule has 0 saturated carbocycles. The minimum absolute atomic E-state index is 0.0787. The number of carbonyl (C=O) groups excluding carboxylic acids is 4. The predicted molar refractivity (Wildman–Crippen MR) is 138 cm³/mol. The Morgan fingerprint density at radius 2 is 1.63 bits per heavy atom. The summed E-state index contributed by atoms with van der Waals surface area (Å²) in [6.45, 7) is 2.96. The van der Waals surface area contributed by atoms with Crippen molar-refractivity contribution in [1.82, 2.24) is 15.1 Å². The van der Waals surface area contributed by atoms with Gasteiger partial charge in [0.15, 0.2) is 0 Å². The fraction of sp³-hybridized carbons (Fsp3) is 0.448. The standard InChI is InChI=1S/C29H33N3O6/c1-20(33)30-22-17-23(11-14-32-26(34)24-9-5-6-10-25(24)27(32)35)38-29(18-22)12-15-31(16-13-29)28(36)37-19-21-7-3-2-4-8-21/h2-10,22-23H,11-19H2,1H3,(H,30,33)/t22-,23+/m0/s1. The minimum Gasteiger partial charge on any atom is -0.445 e. The second-order valence-corrected chi connectivity index (χ2v) is 10.4. The summed E-state index contributed by atoms with van der Waals surface area (Å²) < 4.78 is 12.1. The van der Waals surface area contributed by atoms with Crippen LogP contribution >= 0.6 is 0 Å². The van der Waals surface area contributed by atoms with E-state index in [9.17, 15) is 19.2 Å². The first-order valence-electron chi connectivity index (χ1n) is 13.2. The Kier molecular flexibility index (Phi) is 7.46. The lowest BCUT2D eigenvalue weighted by atomic mass is 9.80. The predicted octanol–water partition coefficient (Wildman–Crippen LogP) is 3.53. The third kappa shape index (κ3) is 5.57. The topological polar surface area (TPSA) is 105 Å². The average molecular weight is 520 g/mol. The van der Waals surface area contributed by atoms with Gasteiger partial charge in [-0.3, -0.25) is 19.3 Å². The van der Waals surface area contributed by atoms with Crippen molar-refractivity contribution in [3.8, 4) is 0 Å². The van der Waals surface area contributed by atoms with E-state index in [0.29, 0.717) is 56.3 Å². The Hall–Kier alpha value is -3.72. The number of rotatable bonds is 6. The molecule has 200 valence electrons. The zero-order valence-corrected chi connectivity index (χ0v) is 21.6. The molecule has 3 aliphatic heterocycles. The van der Waals surface area contributed by atoms with Crippen LogP contribution in [-0.4, -0.2) is 71.0 Å². The number of nitrogens with zero attached hydrogens (tertiary/aromatic N) is 2. The molecule has 1 spiro atoms. The summed E-state index contributed by atoms with van der Waals surface area (Å²) in [6.07, 6.45) is 2.39. The molecule has 9 nitrogen and oxygen atoms in total. The van der Waals surface area contributed by atoms with E-state index in [1.54, 1.807) is 29.2 Å². The molecule has 0 radical (unpaired) electrons. The van der Waals surface area contributed by atoms with Crippen LogP contribution in [-0.2, 0) is 20.9 Å². The third-order valence-corrected chi connectivity index (χ3v) is 7.68. The van der Waals surface area contributed by atoms with Gasteiger partial charge >= 0.3 is 6.09 Å². The van der Waals surface area contributed by atoms with Crippen LogP contribution in [0.15, 0.2) is 54.6 Å². The van der Waals surface area contributed by atoms with Gasteiger partial charge in [-0.25, -0.2) is 4.79 Å². The molecule has 4 amide bonds. The zero-order chi connectivity index (χ0) is 26.7. The van der Waals surface area contributed by atoms with Crippen molar-refractivity contribution >= 4 is 23.8 Å². The number of fused-ring (bicyclic) bond motifs is 1. The molecule has 0 bridgehead atoms. The number of piperidine rings is 1. The van der Waals surface area contributed by atoms with Crippen LogP contribution in [0.4, 0.5) is 4.79 Å². The van der Waals surface area contributed by atoms with Crippen molar-refractivity contribution in [3.63, 3.8) is 0 Å². The first-order valence-corrected chi connectivity index (χ1v) is 13.2. The van der Waals surface area contributed by atoms with Gasteiger partial charge < -0.3 is 19.7 Å². The molecule has 3 aliphatic rings. The van der Waals surface area contributed by atoms with Crippen LogP contribution in [0.5, 0.6) is 0 Å². The van der Waals surface area contributed by atoms with Crippen LogP contribution in [0, 0.1) is 0 Å². The molecule has 2 aromatic carbocycles. The highest BCUT2D eigenvalue weighted by molar-refractivity contribution is 6.21. The number of imide groups is 1. The van der Waals surface area contributed by atoms with Gasteiger partial charge in [0.25, 0.3) is 11.8 Å². The molecule has 3 heterocycles. The second kappa shape index (κ2) is 10.9. The fourth-order valence-electron chi connectivity index (χ4n) is 5.82. The first kappa shape index (κ1) is 25.9. The number of amides is 4. The lowest BCUT2D eigenvalue weighted by molar-refractivity contribution is -0.162. The smallest absolute Gasteiger partial charge is 0.410 e. The first-order chi connectivity index (χ1) is 18.3. The molecule has 1 N–H and O–H groups in total. The molecule has 2 fully saturated rings. The molecule has 38 heavy (non-hydrogen) atoms. The molecule has 2 saturated heterocycles. The Morgan fingerprint density at radius 3 is 2.26 bits per heavy atom. The number of hydrogen-bond donors (Lipinski definition) is 1. The Balaban J connectivity index is 1.19. The van der Waals surface area contributed by atoms with E-state index in [-0.39, 0.29) is 49.1 Å². The van der Waals surface area contributed by atoms with Gasteiger partial charge in [-0.2, -0.15) is 0 Å². The van der Waals surface area contributed by atoms with Crippen LogP contribution in [0.2, 0.25) is 0 Å². The van der Waals surface area contributed by atoms with Gasteiger partial charge in [0.2, 0.25) is 5.91 Å². The molecular weight excluding hydrogens is 486 g/mol. The summed E-state index contributed by atoms with van der Waals surface area (Å²) >= 11 is 0. The molecule has 5 rings (SSSR count). The summed E-state index contributed by atoms with van der Waals surface area (Å²) in [4.78, 5) is 53.1. The maximum Gasteiger partial charge on any atom is 0.410 e. The molecule has 0 aromatic heterocycles. The van der Waals surface area contributed by atoms with Crippen molar-refractivity contribution < 1.29 is 28.7 Å².